The summed E-state index contributed by atoms with van der Waals surface area (Å²) in [6.07, 6.45) is 6.74. The molecule has 0 saturated heterocycles. The van der Waals surface area contributed by atoms with Gasteiger partial charge in [-0.15, -0.1) is 11.3 Å². The summed E-state index contributed by atoms with van der Waals surface area (Å²) in [7, 11) is 0. The Balaban J connectivity index is 1.52. The smallest absolute Gasteiger partial charge is 0.261 e. The van der Waals surface area contributed by atoms with E-state index in [-0.39, 0.29) is 17.8 Å². The molecular weight excluding hydrogens is 355 g/mol. The van der Waals surface area contributed by atoms with Crippen molar-refractivity contribution >= 4 is 33.3 Å². The van der Waals surface area contributed by atoms with Crippen LogP contribution in [0.5, 0.6) is 0 Å². The number of carbonyl (C=O) groups excluding carboxylic acids is 1. The predicted molar refractivity (Wildman–Crippen MR) is 98.0 cm³/mol. The molecule has 0 atom stereocenters. The van der Waals surface area contributed by atoms with Crippen molar-refractivity contribution in [3.63, 3.8) is 0 Å². The molecule has 1 amide bonds. The van der Waals surface area contributed by atoms with Crippen molar-refractivity contribution in [1.29, 1.82) is 0 Å². The molecule has 0 aliphatic heterocycles. The van der Waals surface area contributed by atoms with Gasteiger partial charge in [0, 0.05) is 4.88 Å². The second-order valence-corrected chi connectivity index (χ2v) is 7.42. The number of anilines is 1. The summed E-state index contributed by atoms with van der Waals surface area (Å²) in [5.74, 6) is -0.864. The van der Waals surface area contributed by atoms with Gasteiger partial charge in [-0.3, -0.25) is 14.2 Å². The molecule has 26 heavy (non-hydrogen) atoms. The van der Waals surface area contributed by atoms with Gasteiger partial charge in [-0.25, -0.2) is 14.4 Å². The van der Waals surface area contributed by atoms with Crippen LogP contribution in [0.25, 0.3) is 10.9 Å². The fourth-order valence-corrected chi connectivity index (χ4v) is 4.21. The minimum Gasteiger partial charge on any atom is -0.300 e. The highest BCUT2D eigenvalue weighted by molar-refractivity contribution is 7.15. The van der Waals surface area contributed by atoms with Crippen molar-refractivity contribution in [2.24, 2.45) is 0 Å². The lowest BCUT2D eigenvalue weighted by Gasteiger charge is -2.06. The molecule has 0 unspecified atom stereocenters. The summed E-state index contributed by atoms with van der Waals surface area (Å²) in [6.45, 7) is -0.192. The van der Waals surface area contributed by atoms with Gasteiger partial charge < -0.3 is 5.32 Å². The van der Waals surface area contributed by atoms with Gasteiger partial charge >= 0.3 is 0 Å². The van der Waals surface area contributed by atoms with Gasteiger partial charge in [-0.1, -0.05) is 6.42 Å². The Morgan fingerprint density at radius 1 is 1.27 bits per heavy atom. The molecule has 0 saturated carbocycles. The average molecular weight is 372 g/mol. The van der Waals surface area contributed by atoms with Crippen LogP contribution >= 0.6 is 11.3 Å². The fourth-order valence-electron chi connectivity index (χ4n) is 3.14. The van der Waals surface area contributed by atoms with Crippen molar-refractivity contribution in [3.8, 4) is 0 Å². The summed E-state index contributed by atoms with van der Waals surface area (Å²) < 4.78 is 14.6. The quantitative estimate of drug-likeness (QED) is 0.717. The molecule has 4 rings (SSSR count). The second kappa shape index (κ2) is 6.95. The Hall–Kier alpha value is -2.61. The van der Waals surface area contributed by atoms with Crippen LogP contribution < -0.4 is 10.9 Å². The van der Waals surface area contributed by atoms with Crippen molar-refractivity contribution in [3.05, 3.63) is 51.3 Å². The number of halogens is 1. The van der Waals surface area contributed by atoms with Crippen molar-refractivity contribution in [1.82, 2.24) is 14.5 Å². The summed E-state index contributed by atoms with van der Waals surface area (Å²) in [4.78, 5) is 34.6. The van der Waals surface area contributed by atoms with E-state index >= 15 is 0 Å². The molecule has 6 nitrogen and oxygen atoms in total. The van der Waals surface area contributed by atoms with E-state index in [1.807, 2.05) is 0 Å². The number of fused-ring (bicyclic) bond motifs is 2. The number of benzene rings is 1. The zero-order valence-corrected chi connectivity index (χ0v) is 14.8. The van der Waals surface area contributed by atoms with Crippen LogP contribution in [-0.2, 0) is 24.2 Å². The first-order chi connectivity index (χ1) is 12.6. The molecular formula is C18H17FN4O2S. The molecule has 2 heterocycles. The molecule has 1 aromatic carbocycles. The fraction of sp³-hybridized carbons (Fsp3) is 0.333. The highest BCUT2D eigenvalue weighted by atomic mass is 32.1. The average Bonchev–Trinajstić information content (AvgIpc) is 2.86. The van der Waals surface area contributed by atoms with Gasteiger partial charge in [0.1, 0.15) is 12.4 Å². The van der Waals surface area contributed by atoms with Crippen molar-refractivity contribution in [2.75, 3.05) is 5.32 Å². The molecule has 1 aliphatic rings. The molecule has 3 aromatic rings. The molecule has 134 valence electrons. The third-order valence-corrected chi connectivity index (χ3v) is 5.51. The molecule has 0 fully saturated rings. The maximum absolute atomic E-state index is 13.4. The topological polar surface area (TPSA) is 76.9 Å². The SMILES string of the molecule is O=C(Cn1cnc2ccc(F)cc2c1=O)Nc1nc2c(s1)CCCCC2. The molecule has 1 N–H and O–H groups in total. The second-order valence-electron chi connectivity index (χ2n) is 6.34. The van der Waals surface area contributed by atoms with E-state index in [1.54, 1.807) is 0 Å². The maximum Gasteiger partial charge on any atom is 0.261 e. The van der Waals surface area contributed by atoms with Crippen LogP contribution in [0, 0.1) is 5.82 Å². The Morgan fingerprint density at radius 3 is 3.00 bits per heavy atom. The minimum absolute atomic E-state index is 0.154. The van der Waals surface area contributed by atoms with Gasteiger partial charge in [-0.05, 0) is 43.9 Å². The van der Waals surface area contributed by atoms with E-state index < -0.39 is 11.4 Å². The van der Waals surface area contributed by atoms with Gasteiger partial charge in [0.05, 0.1) is 22.9 Å². The lowest BCUT2D eigenvalue weighted by molar-refractivity contribution is -0.116. The number of rotatable bonds is 3. The summed E-state index contributed by atoms with van der Waals surface area (Å²) in [6, 6.07) is 3.83. The number of carbonyl (C=O) groups is 1. The Kier molecular flexibility index (Phi) is 4.50. The van der Waals surface area contributed by atoms with Crippen LogP contribution in [0.4, 0.5) is 9.52 Å². The number of nitrogens with one attached hydrogen (secondary N) is 1. The standard InChI is InChI=1S/C18H17FN4O2S/c19-11-6-7-13-12(8-11)17(25)23(10-20-13)9-16(24)22-18-21-14-4-2-1-3-5-15(14)26-18/h6-8,10H,1-5,9H2,(H,21,22,24). The Labute approximate surface area is 152 Å². The largest absolute Gasteiger partial charge is 0.300 e. The summed E-state index contributed by atoms with van der Waals surface area (Å²) in [5.41, 5.74) is 1.03. The first-order valence-electron chi connectivity index (χ1n) is 8.53. The van der Waals surface area contributed by atoms with Crippen LogP contribution in [0.15, 0.2) is 29.3 Å². The number of aryl methyl sites for hydroxylation is 2. The molecule has 8 heteroatoms. The third-order valence-electron chi connectivity index (χ3n) is 4.44. The third kappa shape index (κ3) is 3.37. The Bertz CT molecular complexity index is 1020. The van der Waals surface area contributed by atoms with E-state index in [9.17, 15) is 14.0 Å². The van der Waals surface area contributed by atoms with Crippen LogP contribution in [0.1, 0.15) is 29.8 Å². The number of hydrogen-bond acceptors (Lipinski definition) is 5. The molecule has 0 radical (unpaired) electrons. The first kappa shape index (κ1) is 16.8. The number of nitrogens with zero attached hydrogens (tertiary/aromatic N) is 3. The van der Waals surface area contributed by atoms with Crippen LogP contribution in [0.3, 0.4) is 0 Å². The lowest BCUT2D eigenvalue weighted by atomic mass is 10.2. The minimum atomic E-state index is -0.511. The predicted octanol–water partition coefficient (Wildman–Crippen LogP) is 2.90. The normalized spacial score (nSPS) is 14.0. The summed E-state index contributed by atoms with van der Waals surface area (Å²) in [5, 5.41) is 3.48. The van der Waals surface area contributed by atoms with E-state index in [0.29, 0.717) is 10.6 Å². The Morgan fingerprint density at radius 2 is 2.12 bits per heavy atom. The van der Waals surface area contributed by atoms with Gasteiger partial charge in [-0.2, -0.15) is 0 Å². The molecule has 1 aliphatic carbocycles. The van der Waals surface area contributed by atoms with E-state index in [2.05, 4.69) is 15.3 Å². The van der Waals surface area contributed by atoms with Crippen LogP contribution in [-0.4, -0.2) is 20.4 Å². The highest BCUT2D eigenvalue weighted by Crippen LogP contribution is 2.28. The summed E-state index contributed by atoms with van der Waals surface area (Å²) >= 11 is 1.50. The van der Waals surface area contributed by atoms with Gasteiger partial charge in [0.2, 0.25) is 5.91 Å². The molecule has 2 aromatic heterocycles. The van der Waals surface area contributed by atoms with E-state index in [4.69, 9.17) is 0 Å². The zero-order valence-electron chi connectivity index (χ0n) is 14.0. The first-order valence-corrected chi connectivity index (χ1v) is 9.35. The molecule has 0 bridgehead atoms. The number of aromatic nitrogens is 3. The number of hydrogen-bond donors (Lipinski definition) is 1. The lowest BCUT2D eigenvalue weighted by Crippen LogP contribution is -2.28. The van der Waals surface area contributed by atoms with Crippen molar-refractivity contribution in [2.45, 2.75) is 38.6 Å². The maximum atomic E-state index is 13.4. The number of thiazole rings is 1. The van der Waals surface area contributed by atoms with Crippen molar-refractivity contribution < 1.29 is 9.18 Å². The van der Waals surface area contributed by atoms with Crippen LogP contribution in [0.2, 0.25) is 0 Å². The molecule has 0 spiro atoms. The van der Waals surface area contributed by atoms with Gasteiger partial charge in [0.15, 0.2) is 5.13 Å². The van der Waals surface area contributed by atoms with E-state index in [0.717, 1.165) is 37.4 Å². The highest BCUT2D eigenvalue weighted by Gasteiger charge is 2.16. The zero-order chi connectivity index (χ0) is 18.1. The monoisotopic (exact) mass is 372 g/mol. The van der Waals surface area contributed by atoms with Gasteiger partial charge in [0.25, 0.3) is 5.56 Å². The number of amides is 1. The van der Waals surface area contributed by atoms with E-state index in [1.165, 1.54) is 45.7 Å².